The molecule has 0 saturated carbocycles. The third-order valence-corrected chi connectivity index (χ3v) is 6.96. The van der Waals surface area contributed by atoms with Crippen LogP contribution in [0.4, 0.5) is 5.69 Å². The molecule has 2 aliphatic rings. The van der Waals surface area contributed by atoms with E-state index in [1.54, 1.807) is 0 Å². The maximum Gasteiger partial charge on any atom is 0.156 e. The van der Waals surface area contributed by atoms with Crippen LogP contribution in [0.2, 0.25) is 0 Å². The monoisotopic (exact) mass is 530 g/mol. The number of benzene rings is 1. The molecule has 1 aromatic carbocycles. The average Bonchev–Trinajstić information content (AvgIpc) is 3.63. The van der Waals surface area contributed by atoms with Gasteiger partial charge in [-0.1, -0.05) is 39.7 Å². The molecule has 35 heavy (non-hydrogen) atoms. The zero-order valence-corrected chi connectivity index (χ0v) is 21.3. The molecule has 0 radical (unpaired) electrons. The number of hydrogen-bond donors (Lipinski definition) is 0. The van der Waals surface area contributed by atoms with Crippen LogP contribution in [0.15, 0.2) is 55.0 Å². The van der Waals surface area contributed by atoms with E-state index in [1.165, 1.54) is 22.4 Å². The van der Waals surface area contributed by atoms with Gasteiger partial charge in [0.1, 0.15) is 0 Å². The smallest absolute Gasteiger partial charge is 0.156 e. The number of aromatic nitrogens is 5. The summed E-state index contributed by atoms with van der Waals surface area (Å²) in [6.07, 6.45) is 9.14. The predicted molar refractivity (Wildman–Crippen MR) is 142 cm³/mol. The molecule has 0 atom stereocenters. The maximum atomic E-state index is 5.63. The molecule has 8 heteroatoms. The number of aryl methyl sites for hydroxylation is 2. The number of ether oxygens (including phenoxy) is 1. The van der Waals surface area contributed by atoms with Crippen molar-refractivity contribution in [3.63, 3.8) is 0 Å². The van der Waals surface area contributed by atoms with Crippen LogP contribution in [0, 0.1) is 6.92 Å². The molecule has 178 valence electrons. The van der Waals surface area contributed by atoms with Gasteiger partial charge in [-0.05, 0) is 30.7 Å². The Hall–Kier alpha value is -3.23. The van der Waals surface area contributed by atoms with Gasteiger partial charge in [0, 0.05) is 65.7 Å². The lowest BCUT2D eigenvalue weighted by atomic mass is 10.1. The molecule has 3 aromatic heterocycles. The van der Waals surface area contributed by atoms with Crippen LogP contribution >= 0.6 is 15.9 Å². The predicted octanol–water partition coefficient (Wildman–Crippen LogP) is 4.77. The van der Waals surface area contributed by atoms with Gasteiger partial charge in [0.2, 0.25) is 0 Å². The van der Waals surface area contributed by atoms with Crippen molar-refractivity contribution in [2.45, 2.75) is 19.9 Å². The fraction of sp³-hybridized carbons (Fsp3) is 0.296. The number of pyridine rings is 1. The molecule has 1 saturated heterocycles. The first kappa shape index (κ1) is 22.2. The topological polar surface area (TPSA) is 61.0 Å². The van der Waals surface area contributed by atoms with E-state index in [1.807, 2.05) is 21.8 Å². The van der Waals surface area contributed by atoms with Crippen molar-refractivity contribution in [3.8, 4) is 17.1 Å². The number of anilines is 1. The van der Waals surface area contributed by atoms with Gasteiger partial charge in [0.15, 0.2) is 5.82 Å². The summed E-state index contributed by atoms with van der Waals surface area (Å²) in [5, 5.41) is 10.3. The van der Waals surface area contributed by atoms with Crippen LogP contribution in [0.5, 0.6) is 0 Å². The Morgan fingerprint density at radius 1 is 1.09 bits per heavy atom. The second kappa shape index (κ2) is 9.43. The summed E-state index contributed by atoms with van der Waals surface area (Å²) in [6, 6.07) is 12.7. The summed E-state index contributed by atoms with van der Waals surface area (Å²) in [5.74, 6) is 0.830. The van der Waals surface area contributed by atoms with E-state index in [0.29, 0.717) is 0 Å². The first-order chi connectivity index (χ1) is 17.2. The van der Waals surface area contributed by atoms with Crippen LogP contribution < -0.4 is 4.90 Å². The molecule has 0 amide bonds. The fourth-order valence-corrected chi connectivity index (χ4v) is 5.17. The van der Waals surface area contributed by atoms with Crippen LogP contribution in [0.3, 0.4) is 0 Å². The van der Waals surface area contributed by atoms with E-state index < -0.39 is 0 Å². The van der Waals surface area contributed by atoms with E-state index in [9.17, 15) is 0 Å². The average molecular weight is 531 g/mol. The van der Waals surface area contributed by atoms with Crippen LogP contribution in [0.1, 0.15) is 22.4 Å². The molecule has 6 rings (SSSR count). The van der Waals surface area contributed by atoms with Gasteiger partial charge in [-0.3, -0.25) is 4.68 Å². The Labute approximate surface area is 213 Å². The number of halogens is 1. The highest BCUT2D eigenvalue weighted by Crippen LogP contribution is 2.38. The Morgan fingerprint density at radius 3 is 2.80 bits per heavy atom. The van der Waals surface area contributed by atoms with E-state index in [2.05, 4.69) is 81.5 Å². The lowest BCUT2D eigenvalue weighted by Gasteiger charge is -2.31. The van der Waals surface area contributed by atoms with Gasteiger partial charge in [0.25, 0.3) is 0 Å². The molecule has 0 bridgehead atoms. The van der Waals surface area contributed by atoms with Crippen molar-refractivity contribution >= 4 is 33.3 Å². The third kappa shape index (κ3) is 4.44. The third-order valence-electron chi connectivity index (χ3n) is 6.60. The molecular weight excluding hydrogens is 504 g/mol. The first-order valence-electron chi connectivity index (χ1n) is 12.0. The minimum atomic E-state index is 0.741. The lowest BCUT2D eigenvalue weighted by molar-refractivity contribution is 0.122. The summed E-state index contributed by atoms with van der Waals surface area (Å²) < 4.78 is 9.50. The second-order valence-corrected chi connectivity index (χ2v) is 9.80. The number of nitrogens with zero attached hydrogens (tertiary/aromatic N) is 6. The van der Waals surface area contributed by atoms with Crippen molar-refractivity contribution in [1.29, 1.82) is 0 Å². The van der Waals surface area contributed by atoms with Crippen molar-refractivity contribution in [3.05, 3.63) is 77.4 Å². The zero-order valence-electron chi connectivity index (χ0n) is 19.7. The van der Waals surface area contributed by atoms with Crippen LogP contribution in [0.25, 0.3) is 28.7 Å². The molecule has 0 N–H and O–H groups in total. The Balaban J connectivity index is 1.39. The molecule has 0 unspecified atom stereocenters. The van der Waals surface area contributed by atoms with E-state index in [-0.39, 0.29) is 0 Å². The quantitative estimate of drug-likeness (QED) is 0.336. The molecule has 0 spiro atoms. The van der Waals surface area contributed by atoms with Gasteiger partial charge in [-0.25, -0.2) is 9.67 Å². The van der Waals surface area contributed by atoms with Crippen LogP contribution in [-0.2, 0) is 17.7 Å². The Morgan fingerprint density at radius 2 is 1.97 bits per heavy atom. The number of fused-ring (bicyclic) bond motifs is 1. The van der Waals surface area contributed by atoms with Gasteiger partial charge in [0.05, 0.1) is 37.3 Å². The van der Waals surface area contributed by atoms with E-state index >= 15 is 0 Å². The van der Waals surface area contributed by atoms with Gasteiger partial charge in [-0.2, -0.15) is 10.2 Å². The molecule has 4 heterocycles. The molecule has 1 aliphatic carbocycles. The molecule has 1 aliphatic heterocycles. The van der Waals surface area contributed by atoms with Gasteiger partial charge < -0.3 is 9.64 Å². The Bertz CT molecular complexity index is 1400. The highest BCUT2D eigenvalue weighted by atomic mass is 79.9. The van der Waals surface area contributed by atoms with Crippen molar-refractivity contribution in [1.82, 2.24) is 24.5 Å². The highest BCUT2D eigenvalue weighted by Gasteiger charge is 2.25. The first-order valence-corrected chi connectivity index (χ1v) is 13.1. The molecule has 4 aromatic rings. The molecule has 7 nitrogen and oxygen atoms in total. The van der Waals surface area contributed by atoms with Gasteiger partial charge in [-0.15, -0.1) is 0 Å². The minimum absolute atomic E-state index is 0.741. The minimum Gasteiger partial charge on any atom is -0.378 e. The summed E-state index contributed by atoms with van der Waals surface area (Å²) in [7, 11) is 0. The number of rotatable bonds is 6. The maximum absolute atomic E-state index is 5.63. The van der Waals surface area contributed by atoms with Crippen molar-refractivity contribution in [2.75, 3.05) is 36.5 Å². The number of morpholine rings is 1. The van der Waals surface area contributed by atoms with Crippen molar-refractivity contribution in [2.24, 2.45) is 0 Å². The summed E-state index contributed by atoms with van der Waals surface area (Å²) in [6.45, 7) is 6.19. The largest absolute Gasteiger partial charge is 0.378 e. The fourth-order valence-electron chi connectivity index (χ4n) is 4.81. The standard InChI is InChI=1S/C27H27BrN6O/c1-19-3-2-4-20(13-19)24-5-7-34(31-24)27-16-26(32-9-11-35-12-10-32)23-14-21(15-25(23)30-27)22-17-29-33(18-22)8-6-28/h2-5,7,13,15-18H,6,8-12,14H2,1H3. The van der Waals surface area contributed by atoms with E-state index in [4.69, 9.17) is 14.8 Å². The summed E-state index contributed by atoms with van der Waals surface area (Å²) >= 11 is 3.50. The summed E-state index contributed by atoms with van der Waals surface area (Å²) in [4.78, 5) is 7.47. The zero-order chi connectivity index (χ0) is 23.8. The second-order valence-electron chi connectivity index (χ2n) is 9.01. The van der Waals surface area contributed by atoms with Crippen LogP contribution in [-0.4, -0.2) is 56.2 Å². The number of hydrogen-bond acceptors (Lipinski definition) is 5. The van der Waals surface area contributed by atoms with Gasteiger partial charge >= 0.3 is 0 Å². The Kier molecular flexibility index (Phi) is 6.00. The van der Waals surface area contributed by atoms with Crippen molar-refractivity contribution < 1.29 is 4.74 Å². The summed E-state index contributed by atoms with van der Waals surface area (Å²) in [5.41, 5.74) is 9.18. The SMILES string of the molecule is Cc1cccc(-c2ccn(-c3cc(N4CCOCC4)c4c(n3)C=C(c3cnn(CCBr)c3)C4)n2)c1. The number of allylic oxidation sites excluding steroid dienone is 1. The highest BCUT2D eigenvalue weighted by molar-refractivity contribution is 9.09. The lowest BCUT2D eigenvalue weighted by Crippen LogP contribution is -2.37. The normalized spacial score (nSPS) is 15.4. The number of alkyl halides is 1. The molecule has 1 fully saturated rings. The van der Waals surface area contributed by atoms with E-state index in [0.717, 1.165) is 72.9 Å². The molecular formula is C27H27BrN6O.